The molecule has 0 aliphatic rings. The van der Waals surface area contributed by atoms with Gasteiger partial charge < -0.3 is 10.1 Å². The number of methoxy groups -OCH3 is 1. The number of carbonyl (C=O) groups is 1. The minimum Gasteiger partial charge on any atom is -0.468 e. The molecule has 0 amide bonds. The topological polar surface area (TPSA) is 38.3 Å². The molecular weight excluding hydrogens is 214 g/mol. The maximum Gasteiger partial charge on any atom is 0.322 e. The second kappa shape index (κ2) is 10.6. The van der Waals surface area contributed by atoms with Crippen molar-refractivity contribution in [2.45, 2.75) is 65.3 Å². The molecule has 0 aliphatic carbocycles. The van der Waals surface area contributed by atoms with Gasteiger partial charge in [0, 0.05) is 0 Å². The fourth-order valence-corrected chi connectivity index (χ4v) is 1.78. The lowest BCUT2D eigenvalue weighted by Crippen LogP contribution is -2.39. The Hall–Kier alpha value is -0.570. The summed E-state index contributed by atoms with van der Waals surface area (Å²) in [7, 11) is 1.46. The minimum atomic E-state index is -0.124. The molecule has 0 aromatic heterocycles. The molecule has 0 bridgehead atoms. The van der Waals surface area contributed by atoms with Crippen LogP contribution in [-0.4, -0.2) is 25.7 Å². The smallest absolute Gasteiger partial charge is 0.322 e. The van der Waals surface area contributed by atoms with Gasteiger partial charge in [-0.05, 0) is 18.9 Å². The van der Waals surface area contributed by atoms with Gasteiger partial charge >= 0.3 is 5.97 Å². The van der Waals surface area contributed by atoms with Gasteiger partial charge in [-0.25, -0.2) is 0 Å². The van der Waals surface area contributed by atoms with Crippen LogP contribution in [0.1, 0.15) is 59.3 Å². The fraction of sp³-hybridized carbons (Fsp3) is 0.929. The third-order valence-corrected chi connectivity index (χ3v) is 2.85. The number of ether oxygens (including phenoxy) is 1. The molecule has 0 aliphatic heterocycles. The monoisotopic (exact) mass is 243 g/mol. The van der Waals surface area contributed by atoms with Crippen LogP contribution < -0.4 is 5.32 Å². The lowest BCUT2D eigenvalue weighted by molar-refractivity contribution is -0.143. The largest absolute Gasteiger partial charge is 0.468 e. The highest BCUT2D eigenvalue weighted by molar-refractivity contribution is 5.75. The first-order valence-corrected chi connectivity index (χ1v) is 6.93. The Kier molecular flexibility index (Phi) is 10.2. The van der Waals surface area contributed by atoms with Gasteiger partial charge in [0.1, 0.15) is 6.04 Å². The van der Waals surface area contributed by atoms with Gasteiger partial charge in [-0.2, -0.15) is 0 Å². The summed E-state index contributed by atoms with van der Waals surface area (Å²) in [6, 6.07) is -0.121. The Morgan fingerprint density at radius 2 is 1.82 bits per heavy atom. The van der Waals surface area contributed by atoms with Crippen molar-refractivity contribution in [1.82, 2.24) is 5.32 Å². The summed E-state index contributed by atoms with van der Waals surface area (Å²) >= 11 is 0. The molecule has 0 heterocycles. The van der Waals surface area contributed by atoms with Crippen LogP contribution in [0.5, 0.6) is 0 Å². The summed E-state index contributed by atoms with van der Waals surface area (Å²) in [6.45, 7) is 7.36. The number of carbonyl (C=O) groups excluding carboxylic acids is 1. The van der Waals surface area contributed by atoms with Crippen LogP contribution in [0.4, 0.5) is 0 Å². The molecule has 1 unspecified atom stereocenters. The van der Waals surface area contributed by atoms with E-state index in [9.17, 15) is 4.79 Å². The summed E-state index contributed by atoms with van der Waals surface area (Å²) < 4.78 is 4.82. The van der Waals surface area contributed by atoms with Crippen molar-refractivity contribution >= 4 is 5.97 Å². The van der Waals surface area contributed by atoms with Gasteiger partial charge in [-0.1, -0.05) is 52.9 Å². The van der Waals surface area contributed by atoms with Crippen LogP contribution in [0.3, 0.4) is 0 Å². The van der Waals surface area contributed by atoms with Crippen LogP contribution in [0.2, 0.25) is 0 Å². The van der Waals surface area contributed by atoms with E-state index in [1.165, 1.54) is 32.8 Å². The molecule has 3 nitrogen and oxygen atoms in total. The van der Waals surface area contributed by atoms with Gasteiger partial charge in [0.05, 0.1) is 7.11 Å². The van der Waals surface area contributed by atoms with Crippen LogP contribution in [0.15, 0.2) is 0 Å². The lowest BCUT2D eigenvalue weighted by Gasteiger charge is -2.17. The van der Waals surface area contributed by atoms with Crippen molar-refractivity contribution in [3.63, 3.8) is 0 Å². The first-order chi connectivity index (χ1) is 8.11. The number of unbranched alkanes of at least 4 members (excludes halogenated alkanes) is 4. The summed E-state index contributed by atoms with van der Waals surface area (Å²) in [4.78, 5) is 11.6. The highest BCUT2D eigenvalue weighted by Crippen LogP contribution is 2.08. The average molecular weight is 243 g/mol. The second-order valence-electron chi connectivity index (χ2n) is 5.08. The zero-order valence-electron chi connectivity index (χ0n) is 11.9. The third kappa shape index (κ3) is 9.16. The van der Waals surface area contributed by atoms with E-state index in [4.69, 9.17) is 4.74 Å². The van der Waals surface area contributed by atoms with E-state index in [1.807, 2.05) is 0 Å². The summed E-state index contributed by atoms with van der Waals surface area (Å²) in [6.07, 6.45) is 7.03. The Morgan fingerprint density at radius 1 is 1.18 bits per heavy atom. The number of hydrogen-bond donors (Lipinski definition) is 1. The third-order valence-electron chi connectivity index (χ3n) is 2.85. The summed E-state index contributed by atoms with van der Waals surface area (Å²) in [5, 5.41) is 3.29. The molecule has 1 atom stereocenters. The molecule has 0 spiro atoms. The Labute approximate surface area is 106 Å². The van der Waals surface area contributed by atoms with Crippen molar-refractivity contribution in [2.24, 2.45) is 5.92 Å². The Bertz CT molecular complexity index is 193. The van der Waals surface area contributed by atoms with Crippen LogP contribution >= 0.6 is 0 Å². The Balaban J connectivity index is 3.81. The molecule has 0 saturated heterocycles. The van der Waals surface area contributed by atoms with E-state index in [2.05, 4.69) is 26.1 Å². The molecule has 3 heteroatoms. The zero-order valence-corrected chi connectivity index (χ0v) is 11.9. The summed E-state index contributed by atoms with van der Waals surface area (Å²) in [5.41, 5.74) is 0. The van der Waals surface area contributed by atoms with Crippen molar-refractivity contribution in [1.29, 1.82) is 0 Å². The van der Waals surface area contributed by atoms with Gasteiger partial charge in [-0.15, -0.1) is 0 Å². The first-order valence-electron chi connectivity index (χ1n) is 6.93. The molecule has 1 N–H and O–H groups in total. The van der Waals surface area contributed by atoms with E-state index in [1.54, 1.807) is 0 Å². The van der Waals surface area contributed by atoms with Gasteiger partial charge in [-0.3, -0.25) is 4.79 Å². The van der Waals surface area contributed by atoms with Crippen molar-refractivity contribution < 1.29 is 9.53 Å². The molecule has 0 aromatic rings. The minimum absolute atomic E-state index is 0.121. The van der Waals surface area contributed by atoms with Gasteiger partial charge in [0.15, 0.2) is 0 Å². The van der Waals surface area contributed by atoms with Gasteiger partial charge in [0.25, 0.3) is 0 Å². The zero-order chi connectivity index (χ0) is 13.1. The molecule has 102 valence electrons. The molecule has 0 aromatic carbocycles. The molecule has 17 heavy (non-hydrogen) atoms. The average Bonchev–Trinajstić information content (AvgIpc) is 2.31. The van der Waals surface area contributed by atoms with E-state index >= 15 is 0 Å². The number of nitrogens with one attached hydrogen (secondary N) is 1. The maximum atomic E-state index is 11.6. The van der Waals surface area contributed by atoms with E-state index in [0.717, 1.165) is 19.4 Å². The molecule has 0 radical (unpaired) electrons. The fourth-order valence-electron chi connectivity index (χ4n) is 1.78. The van der Waals surface area contributed by atoms with Crippen molar-refractivity contribution in [3.05, 3.63) is 0 Å². The number of esters is 1. The number of rotatable bonds is 10. The molecular formula is C14H29NO2. The van der Waals surface area contributed by atoms with Crippen LogP contribution in [-0.2, 0) is 9.53 Å². The van der Waals surface area contributed by atoms with E-state index < -0.39 is 0 Å². The van der Waals surface area contributed by atoms with E-state index in [0.29, 0.717) is 5.92 Å². The molecule has 0 fully saturated rings. The second-order valence-corrected chi connectivity index (χ2v) is 5.08. The normalized spacial score (nSPS) is 12.8. The highest BCUT2D eigenvalue weighted by Gasteiger charge is 2.17. The predicted molar refractivity (Wildman–Crippen MR) is 72.0 cm³/mol. The maximum absolute atomic E-state index is 11.6. The Morgan fingerprint density at radius 3 is 2.35 bits per heavy atom. The lowest BCUT2D eigenvalue weighted by atomic mass is 10.1. The standard InChI is InChI=1S/C14H29NO2/c1-5-6-7-8-9-10-13(14(16)17-4)15-11-12(2)3/h12-13,15H,5-11H2,1-4H3. The van der Waals surface area contributed by atoms with Crippen molar-refractivity contribution in [2.75, 3.05) is 13.7 Å². The molecule has 0 saturated carbocycles. The number of hydrogen-bond acceptors (Lipinski definition) is 3. The van der Waals surface area contributed by atoms with E-state index in [-0.39, 0.29) is 12.0 Å². The van der Waals surface area contributed by atoms with Crippen LogP contribution in [0.25, 0.3) is 0 Å². The van der Waals surface area contributed by atoms with Gasteiger partial charge in [0.2, 0.25) is 0 Å². The predicted octanol–water partition coefficient (Wildman–Crippen LogP) is 3.13. The van der Waals surface area contributed by atoms with Crippen LogP contribution in [0, 0.1) is 5.92 Å². The SMILES string of the molecule is CCCCCCCC(NCC(C)C)C(=O)OC. The summed E-state index contributed by atoms with van der Waals surface area (Å²) in [5.74, 6) is 0.434. The quantitative estimate of drug-likeness (QED) is 0.473. The highest BCUT2D eigenvalue weighted by atomic mass is 16.5. The van der Waals surface area contributed by atoms with Crippen molar-refractivity contribution in [3.8, 4) is 0 Å². The first kappa shape index (κ1) is 16.4. The molecule has 0 rings (SSSR count).